The van der Waals surface area contributed by atoms with Crippen molar-refractivity contribution in [1.29, 1.82) is 0 Å². The summed E-state index contributed by atoms with van der Waals surface area (Å²) in [6, 6.07) is 0.789. The summed E-state index contributed by atoms with van der Waals surface area (Å²) in [5.41, 5.74) is 23.9. The molecular weight excluding hydrogens is 1260 g/mol. The molecule has 0 fully saturated rings. The third-order valence-electron chi connectivity index (χ3n) is 16.0. The number of amides is 12. The standard InChI is InChI=1S/C65H103N15O17/c1-8-37(5)53(64(96)70-39(7)56(88)72-44(26-27-51(83)84)58(90)78-49(35-81)63(95)75-45(55(69)87)31-40-20-12-10-13-21-40)79-59(91)43(25-17-19-29-67)73-57(89)42(24-16-18-28-66)74-65(97)54(38(6)9-2)80-62(94)48(33-52(85)86)77-61(93)47(32-41-22-14-11-15-23-41)76-60(92)46(30-36(3)4)71-50(82)34-68/h10-15,20-23,36-39,42-49,53-54,81H,8-9,16-19,24-35,66-68H2,1-7H3,(H2,69,87)(H,70,96)(H,71,82)(H,72,88)(H,73,89)(H,74,97)(H,75,95)(H,76,92)(H,77,93)(H,78,90)(H,79,91)(H,80,94)(H,83,84)(H,85,86)/t37-,38-,39-,42-,43-,44-,45-,46-,47-,48-,49-,53-,54-/m0/s1. The van der Waals surface area contributed by atoms with Crippen LogP contribution in [0.15, 0.2) is 60.7 Å². The van der Waals surface area contributed by atoms with Gasteiger partial charge in [0.2, 0.25) is 70.9 Å². The second-order valence-corrected chi connectivity index (χ2v) is 24.4. The average Bonchev–Trinajstić information content (AvgIpc) is 0.901. The van der Waals surface area contributed by atoms with Crippen LogP contribution in [0.5, 0.6) is 0 Å². The average molecular weight is 1370 g/mol. The highest BCUT2D eigenvalue weighted by Gasteiger charge is 2.38. The van der Waals surface area contributed by atoms with Crippen molar-refractivity contribution in [3.05, 3.63) is 71.8 Å². The Kier molecular flexibility index (Phi) is 38.6. The summed E-state index contributed by atoms with van der Waals surface area (Å²) in [6.45, 7) is 10.5. The van der Waals surface area contributed by atoms with E-state index >= 15 is 0 Å². The SMILES string of the molecule is CC[C@H](C)[C@H](NC(=O)[C@H](CCCCN)NC(=O)[C@H](CCCCN)NC(=O)[C@@H](NC(=O)[C@H](CC(=O)O)NC(=O)[C@H](Cc1ccccc1)NC(=O)[C@H](CC(C)C)NC(=O)CN)[C@@H](C)CC)C(=O)N[C@@H](C)C(=O)N[C@@H](CCC(=O)O)C(=O)N[C@@H](CO)C(=O)N[C@@H](Cc1ccccc1)C(N)=O. The summed E-state index contributed by atoms with van der Waals surface area (Å²) >= 11 is 0. The number of hydrogen-bond acceptors (Lipinski definition) is 18. The van der Waals surface area contributed by atoms with Gasteiger partial charge in [-0.2, -0.15) is 0 Å². The Bertz CT molecular complexity index is 2930. The second-order valence-electron chi connectivity index (χ2n) is 24.4. The lowest BCUT2D eigenvalue weighted by Gasteiger charge is -2.30. The summed E-state index contributed by atoms with van der Waals surface area (Å²) in [5, 5.41) is 57.3. The normalized spacial score (nSPS) is 15.1. The molecule has 0 spiro atoms. The summed E-state index contributed by atoms with van der Waals surface area (Å²) < 4.78 is 0. The maximum Gasteiger partial charge on any atom is 0.305 e. The first-order valence-corrected chi connectivity index (χ1v) is 32.8. The van der Waals surface area contributed by atoms with Crippen molar-refractivity contribution in [3.63, 3.8) is 0 Å². The molecule has 32 nitrogen and oxygen atoms in total. The van der Waals surface area contributed by atoms with Crippen LogP contribution in [0.4, 0.5) is 0 Å². The third kappa shape index (κ3) is 31.1. The molecule has 540 valence electrons. The highest BCUT2D eigenvalue weighted by atomic mass is 16.4. The van der Waals surface area contributed by atoms with E-state index in [9.17, 15) is 82.4 Å². The van der Waals surface area contributed by atoms with Gasteiger partial charge in [0.05, 0.1) is 19.6 Å². The number of carboxylic acids is 2. The van der Waals surface area contributed by atoms with Gasteiger partial charge in [-0.05, 0) is 100 Å². The molecule has 0 aliphatic carbocycles. The molecule has 97 heavy (non-hydrogen) atoms. The molecule has 22 N–H and O–H groups in total. The first-order valence-electron chi connectivity index (χ1n) is 32.8. The fraction of sp³-hybridized carbons (Fsp3) is 0.600. The fourth-order valence-electron chi connectivity index (χ4n) is 9.93. The van der Waals surface area contributed by atoms with Gasteiger partial charge in [-0.1, -0.05) is 115 Å². The molecule has 0 radical (unpaired) electrons. The number of hydrogen-bond donors (Lipinski definition) is 18. The molecule has 0 aromatic heterocycles. The number of aliphatic hydroxyl groups excluding tert-OH is 1. The summed E-state index contributed by atoms with van der Waals surface area (Å²) in [7, 11) is 0. The lowest BCUT2D eigenvalue weighted by molar-refractivity contribution is -0.142. The van der Waals surface area contributed by atoms with Gasteiger partial charge in [0, 0.05) is 19.3 Å². The quantitative estimate of drug-likeness (QED) is 0.0294. The molecule has 0 unspecified atom stereocenters. The van der Waals surface area contributed by atoms with E-state index in [2.05, 4.69) is 58.5 Å². The number of benzene rings is 2. The molecule has 0 heterocycles. The van der Waals surface area contributed by atoms with Crippen LogP contribution in [0.1, 0.15) is 137 Å². The minimum absolute atomic E-state index is 0.0344. The van der Waals surface area contributed by atoms with E-state index < -0.39 is 194 Å². The fourth-order valence-corrected chi connectivity index (χ4v) is 9.93. The number of carbonyl (C=O) groups is 14. The highest BCUT2D eigenvalue weighted by molar-refractivity contribution is 6.00. The van der Waals surface area contributed by atoms with E-state index in [1.54, 1.807) is 88.4 Å². The van der Waals surface area contributed by atoms with Crippen molar-refractivity contribution in [2.75, 3.05) is 26.2 Å². The van der Waals surface area contributed by atoms with Crippen molar-refractivity contribution < 1.29 is 82.4 Å². The number of unbranched alkanes of at least 4 members (excludes halogenated alkanes) is 2. The number of aliphatic hydroxyl groups is 1. The topological polar surface area (TPSA) is 536 Å². The number of primary amides is 1. The van der Waals surface area contributed by atoms with Gasteiger partial charge >= 0.3 is 11.9 Å². The van der Waals surface area contributed by atoms with Gasteiger partial charge in [0.1, 0.15) is 66.5 Å². The predicted molar refractivity (Wildman–Crippen MR) is 356 cm³/mol. The van der Waals surface area contributed by atoms with Crippen LogP contribution in [0.2, 0.25) is 0 Å². The first kappa shape index (κ1) is 83.9. The molecule has 0 saturated heterocycles. The van der Waals surface area contributed by atoms with Crippen LogP contribution in [0.3, 0.4) is 0 Å². The Morgan fingerprint density at radius 2 is 0.794 bits per heavy atom. The lowest BCUT2D eigenvalue weighted by Crippen LogP contribution is -2.62. The van der Waals surface area contributed by atoms with Crippen molar-refractivity contribution in [1.82, 2.24) is 58.5 Å². The van der Waals surface area contributed by atoms with E-state index in [1.807, 2.05) is 13.8 Å². The van der Waals surface area contributed by atoms with Crippen LogP contribution in [-0.2, 0) is 80.0 Å². The number of aliphatic carboxylic acids is 2. The molecule has 13 atom stereocenters. The van der Waals surface area contributed by atoms with Gasteiger partial charge in [0.25, 0.3) is 0 Å². The largest absolute Gasteiger partial charge is 0.481 e. The van der Waals surface area contributed by atoms with E-state index in [0.717, 1.165) is 0 Å². The van der Waals surface area contributed by atoms with Crippen LogP contribution in [-0.4, -0.2) is 191 Å². The zero-order chi connectivity index (χ0) is 72.9. The molecule has 0 aliphatic rings. The minimum Gasteiger partial charge on any atom is -0.481 e. The molecule has 2 aromatic carbocycles. The van der Waals surface area contributed by atoms with Crippen molar-refractivity contribution in [2.45, 2.75) is 205 Å². The van der Waals surface area contributed by atoms with Crippen LogP contribution in [0.25, 0.3) is 0 Å². The Balaban J connectivity index is 2.43. The number of rotatable bonds is 47. The van der Waals surface area contributed by atoms with E-state index in [-0.39, 0.29) is 76.8 Å². The van der Waals surface area contributed by atoms with E-state index in [1.165, 1.54) is 6.92 Å². The van der Waals surface area contributed by atoms with Gasteiger partial charge in [-0.25, -0.2) is 0 Å². The molecule has 2 rings (SSSR count). The molecule has 12 amide bonds. The zero-order valence-electron chi connectivity index (χ0n) is 56.5. The molecule has 0 aliphatic heterocycles. The van der Waals surface area contributed by atoms with Gasteiger partial charge in [-0.15, -0.1) is 0 Å². The molecule has 0 bridgehead atoms. The Morgan fingerprint density at radius 3 is 1.24 bits per heavy atom. The number of nitrogens with one attached hydrogen (secondary N) is 11. The number of nitrogens with two attached hydrogens (primary N) is 4. The minimum atomic E-state index is -1.84. The van der Waals surface area contributed by atoms with Gasteiger partial charge in [0.15, 0.2) is 0 Å². The maximum atomic E-state index is 14.5. The zero-order valence-corrected chi connectivity index (χ0v) is 56.5. The summed E-state index contributed by atoms with van der Waals surface area (Å²) in [4.78, 5) is 189. The smallest absolute Gasteiger partial charge is 0.305 e. The highest BCUT2D eigenvalue weighted by Crippen LogP contribution is 2.16. The van der Waals surface area contributed by atoms with E-state index in [0.29, 0.717) is 24.0 Å². The van der Waals surface area contributed by atoms with Crippen LogP contribution in [0, 0.1) is 17.8 Å². The molecule has 2 aromatic rings. The van der Waals surface area contributed by atoms with Crippen LogP contribution < -0.4 is 81.4 Å². The Labute approximate surface area is 565 Å². The number of carboxylic acid groups (broad SMARTS) is 2. The van der Waals surface area contributed by atoms with Gasteiger partial charge < -0.3 is 96.7 Å². The molecule has 0 saturated carbocycles. The maximum absolute atomic E-state index is 14.5. The van der Waals surface area contributed by atoms with Crippen molar-refractivity contribution >= 4 is 82.8 Å². The summed E-state index contributed by atoms with van der Waals surface area (Å²) in [6.07, 6.45) is -0.439. The molecule has 32 heteroatoms. The van der Waals surface area contributed by atoms with Gasteiger partial charge in [-0.3, -0.25) is 67.1 Å². The van der Waals surface area contributed by atoms with Crippen LogP contribution >= 0.6 is 0 Å². The predicted octanol–water partition coefficient (Wildman–Crippen LogP) is -3.00. The Morgan fingerprint density at radius 1 is 0.412 bits per heavy atom. The lowest BCUT2D eigenvalue weighted by atomic mass is 9.96. The Hall–Kier alpha value is -9.14. The number of carbonyl (C=O) groups excluding carboxylic acids is 12. The summed E-state index contributed by atoms with van der Waals surface area (Å²) in [5.74, 6) is -15.4. The first-order chi connectivity index (χ1) is 45.9. The monoisotopic (exact) mass is 1370 g/mol. The second kappa shape index (κ2) is 44.6. The van der Waals surface area contributed by atoms with Crippen molar-refractivity contribution in [2.24, 2.45) is 40.7 Å². The molecular formula is C65H103N15O17. The third-order valence-corrected chi connectivity index (χ3v) is 16.0. The van der Waals surface area contributed by atoms with Crippen molar-refractivity contribution in [3.8, 4) is 0 Å². The van der Waals surface area contributed by atoms with E-state index in [4.69, 9.17) is 22.9 Å².